The van der Waals surface area contributed by atoms with E-state index >= 15 is 0 Å². The van der Waals surface area contributed by atoms with Crippen molar-refractivity contribution >= 4 is 47.2 Å². The van der Waals surface area contributed by atoms with Crippen LogP contribution in [0.3, 0.4) is 0 Å². The van der Waals surface area contributed by atoms with E-state index in [0.717, 1.165) is 18.4 Å². The van der Waals surface area contributed by atoms with Gasteiger partial charge in [0.25, 0.3) is 0 Å². The van der Waals surface area contributed by atoms with Gasteiger partial charge in [-0.25, -0.2) is 16.8 Å². The monoisotopic (exact) mass is 534 g/mol. The summed E-state index contributed by atoms with van der Waals surface area (Å²) in [5.74, 6) is -0.743. The van der Waals surface area contributed by atoms with Crippen LogP contribution in [0.15, 0.2) is 44.6 Å². The number of phenolic OH excluding ortho intramolecular Hbond substituents is 1. The fourth-order valence-electron chi connectivity index (χ4n) is 3.61. The molecule has 162 valence electrons. The molecule has 1 atom stereocenters. The van der Waals surface area contributed by atoms with Gasteiger partial charge in [0.2, 0.25) is 9.84 Å². The molecule has 0 radical (unpaired) electrons. The molecule has 30 heavy (non-hydrogen) atoms. The lowest BCUT2D eigenvalue weighted by Gasteiger charge is -2.15. The molecule has 6 nitrogen and oxygen atoms in total. The van der Waals surface area contributed by atoms with Gasteiger partial charge in [0.15, 0.2) is 21.0 Å². The van der Waals surface area contributed by atoms with Crippen LogP contribution in [0.1, 0.15) is 42.7 Å². The van der Waals surface area contributed by atoms with Crippen molar-refractivity contribution in [2.75, 3.05) is 6.61 Å². The molecular formula is C20H20BrClO6S2. The van der Waals surface area contributed by atoms with Crippen LogP contribution in [-0.2, 0) is 30.2 Å². The largest absolute Gasteiger partial charge is 0.505 e. The highest BCUT2D eigenvalue weighted by atomic mass is 79.9. The predicted octanol–water partition coefficient (Wildman–Crippen LogP) is 4.57. The Kier molecular flexibility index (Phi) is 5.95. The summed E-state index contributed by atoms with van der Waals surface area (Å²) in [5, 5.41) is 10.1. The van der Waals surface area contributed by atoms with Crippen molar-refractivity contribution < 1.29 is 26.7 Å². The Morgan fingerprint density at radius 2 is 1.80 bits per heavy atom. The van der Waals surface area contributed by atoms with Gasteiger partial charge in [0.05, 0.1) is 15.7 Å². The number of aromatic hydroxyl groups is 1. The van der Waals surface area contributed by atoms with Crippen molar-refractivity contribution in [1.82, 2.24) is 0 Å². The third-order valence-electron chi connectivity index (χ3n) is 5.28. The quantitative estimate of drug-likeness (QED) is 0.582. The van der Waals surface area contributed by atoms with Crippen molar-refractivity contribution in [3.8, 4) is 5.75 Å². The second-order valence-corrected chi connectivity index (χ2v) is 13.0. The number of halogens is 2. The highest BCUT2D eigenvalue weighted by molar-refractivity contribution is 9.10. The molecule has 1 unspecified atom stereocenters. The number of phenols is 1. The van der Waals surface area contributed by atoms with Crippen LogP contribution in [0, 0.1) is 0 Å². The zero-order chi connectivity index (χ0) is 21.7. The first-order valence-electron chi connectivity index (χ1n) is 9.48. The molecule has 4 rings (SSSR count). The van der Waals surface area contributed by atoms with Crippen molar-refractivity contribution in [3.63, 3.8) is 0 Å². The molecule has 0 amide bonds. The summed E-state index contributed by atoms with van der Waals surface area (Å²) < 4.78 is 57.9. The molecule has 2 aromatic rings. The van der Waals surface area contributed by atoms with Gasteiger partial charge in [-0.1, -0.05) is 33.6 Å². The second kappa shape index (κ2) is 8.09. The van der Waals surface area contributed by atoms with E-state index in [1.54, 1.807) is 12.1 Å². The summed E-state index contributed by atoms with van der Waals surface area (Å²) in [6.45, 7) is 0.399. The highest BCUT2D eigenvalue weighted by Gasteiger charge is 2.34. The fraction of sp³-hybridized carbons (Fsp3) is 0.400. The van der Waals surface area contributed by atoms with E-state index in [2.05, 4.69) is 15.9 Å². The summed E-state index contributed by atoms with van der Waals surface area (Å²) in [5.41, 5.74) is 0.270. The molecule has 1 saturated carbocycles. The van der Waals surface area contributed by atoms with Crippen LogP contribution in [0.25, 0.3) is 0 Å². The Hall–Kier alpha value is -1.13. The van der Waals surface area contributed by atoms with E-state index in [4.69, 9.17) is 16.3 Å². The van der Waals surface area contributed by atoms with Crippen LogP contribution in [0.2, 0.25) is 5.02 Å². The van der Waals surface area contributed by atoms with E-state index in [1.165, 1.54) is 18.2 Å². The summed E-state index contributed by atoms with van der Waals surface area (Å²) in [6.07, 6.45) is 2.99. The number of rotatable bonds is 6. The van der Waals surface area contributed by atoms with Gasteiger partial charge in [0.1, 0.15) is 4.90 Å². The minimum atomic E-state index is -3.98. The topological polar surface area (TPSA) is 97.7 Å². The minimum absolute atomic E-state index is 0.0838. The SMILES string of the molecule is O=S(=O)(Cc1cc(C2CC2)cc(S(=O)(=O)C2CCCO2)c1)c1cc(Br)cc(Cl)c1O. The highest BCUT2D eigenvalue weighted by Crippen LogP contribution is 2.42. The van der Waals surface area contributed by atoms with Gasteiger partial charge in [-0.2, -0.15) is 0 Å². The Morgan fingerprint density at radius 3 is 2.43 bits per heavy atom. The molecule has 1 N–H and O–H groups in total. The van der Waals surface area contributed by atoms with Gasteiger partial charge < -0.3 is 9.84 Å². The zero-order valence-corrected chi connectivity index (χ0v) is 19.8. The third-order valence-corrected chi connectivity index (χ3v) is 9.68. The molecule has 1 saturated heterocycles. The maximum absolute atomic E-state index is 13.0. The average Bonchev–Trinajstić information content (AvgIpc) is 3.37. The van der Waals surface area contributed by atoms with Crippen LogP contribution < -0.4 is 0 Å². The van der Waals surface area contributed by atoms with Crippen molar-refractivity contribution in [2.24, 2.45) is 0 Å². The van der Waals surface area contributed by atoms with Crippen LogP contribution >= 0.6 is 27.5 Å². The molecule has 2 aliphatic rings. The molecule has 1 aliphatic heterocycles. The molecule has 1 aliphatic carbocycles. The Balaban J connectivity index is 1.75. The van der Waals surface area contributed by atoms with Crippen molar-refractivity contribution in [3.05, 3.63) is 51.0 Å². The number of hydrogen-bond donors (Lipinski definition) is 1. The number of hydrogen-bond acceptors (Lipinski definition) is 6. The Labute approximate surface area is 189 Å². The molecule has 2 fully saturated rings. The maximum atomic E-state index is 13.0. The molecule has 10 heteroatoms. The minimum Gasteiger partial charge on any atom is -0.505 e. The fourth-order valence-corrected chi connectivity index (χ4v) is 7.77. The lowest BCUT2D eigenvalue weighted by molar-refractivity contribution is 0.165. The Bertz CT molecular complexity index is 1200. The van der Waals surface area contributed by atoms with Gasteiger partial charge >= 0.3 is 0 Å². The number of ether oxygens (including phenoxy) is 1. The first-order chi connectivity index (χ1) is 14.1. The van der Waals surface area contributed by atoms with Crippen molar-refractivity contribution in [1.29, 1.82) is 0 Å². The number of sulfone groups is 2. The van der Waals surface area contributed by atoms with Crippen molar-refractivity contribution in [2.45, 2.75) is 52.6 Å². The smallest absolute Gasteiger partial charge is 0.205 e. The first kappa shape index (κ1) is 22.1. The first-order valence-corrected chi connectivity index (χ1v) is 13.8. The average molecular weight is 536 g/mol. The third kappa shape index (κ3) is 4.41. The molecule has 1 heterocycles. The van der Waals surface area contributed by atoms with E-state index in [-0.39, 0.29) is 20.7 Å². The molecular weight excluding hydrogens is 516 g/mol. The van der Waals surface area contributed by atoms with E-state index in [0.29, 0.717) is 29.5 Å². The van der Waals surface area contributed by atoms with E-state index < -0.39 is 36.6 Å². The predicted molar refractivity (Wildman–Crippen MR) is 116 cm³/mol. The summed E-state index contributed by atoms with van der Waals surface area (Å²) in [7, 11) is -7.71. The lowest BCUT2D eigenvalue weighted by Crippen LogP contribution is -2.20. The summed E-state index contributed by atoms with van der Waals surface area (Å²) in [6, 6.07) is 7.46. The van der Waals surface area contributed by atoms with Crippen LogP contribution in [0.4, 0.5) is 0 Å². The van der Waals surface area contributed by atoms with E-state index in [9.17, 15) is 21.9 Å². The molecule has 0 spiro atoms. The van der Waals surface area contributed by atoms with Gasteiger partial charge in [-0.15, -0.1) is 0 Å². The normalized spacial score (nSPS) is 19.9. The van der Waals surface area contributed by atoms with Gasteiger partial charge in [-0.3, -0.25) is 0 Å². The van der Waals surface area contributed by atoms with Gasteiger partial charge in [-0.05, 0) is 67.0 Å². The van der Waals surface area contributed by atoms with Crippen LogP contribution in [-0.4, -0.2) is 34.0 Å². The van der Waals surface area contributed by atoms with E-state index in [1.807, 2.05) is 0 Å². The summed E-state index contributed by atoms with van der Waals surface area (Å²) in [4.78, 5) is -0.220. The standard InChI is InChI=1S/C20H20BrClO6S2/c21-15-9-17(22)20(23)18(10-15)29(24,25)11-12-6-14(13-3-4-13)8-16(7-12)30(26,27)19-2-1-5-28-19/h6-10,13,19,23H,1-5,11H2. The maximum Gasteiger partial charge on any atom is 0.205 e. The molecule has 0 aromatic heterocycles. The second-order valence-electron chi connectivity index (χ2n) is 7.67. The van der Waals surface area contributed by atoms with Gasteiger partial charge in [0, 0.05) is 11.1 Å². The molecule has 2 aromatic carbocycles. The molecule has 0 bridgehead atoms. The number of benzene rings is 2. The zero-order valence-electron chi connectivity index (χ0n) is 15.8. The Morgan fingerprint density at radius 1 is 1.07 bits per heavy atom. The van der Waals surface area contributed by atoms with Crippen LogP contribution in [0.5, 0.6) is 5.75 Å². The summed E-state index contributed by atoms with van der Waals surface area (Å²) >= 11 is 9.11. The lowest BCUT2D eigenvalue weighted by atomic mass is 10.1.